The summed E-state index contributed by atoms with van der Waals surface area (Å²) in [5.74, 6) is 0.719. The van der Waals surface area contributed by atoms with Gasteiger partial charge in [0.05, 0.1) is 17.5 Å². The molecule has 5 rings (SSSR count). The lowest BCUT2D eigenvalue weighted by Gasteiger charge is -2.10. The number of aromatic nitrogens is 4. The van der Waals surface area contributed by atoms with Gasteiger partial charge in [-0.1, -0.05) is 30.3 Å². The molecular weight excluding hydrogens is 354 g/mol. The number of hydrogen-bond donors (Lipinski definition) is 1. The summed E-state index contributed by atoms with van der Waals surface area (Å²) in [6.45, 7) is 0. The molecule has 3 heterocycles. The highest BCUT2D eigenvalue weighted by Gasteiger charge is 2.28. The van der Waals surface area contributed by atoms with Crippen LogP contribution >= 0.6 is 0 Å². The number of carbonyl (C=O) groups excluding carboxylic acids is 1. The van der Waals surface area contributed by atoms with Gasteiger partial charge in [0.2, 0.25) is 0 Å². The number of rotatable bonds is 4. The molecule has 1 saturated carbocycles. The lowest BCUT2D eigenvalue weighted by molar-refractivity contribution is -0.605. The Morgan fingerprint density at radius 1 is 1.14 bits per heavy atom. The molecule has 0 saturated heterocycles. The second-order valence-electron chi connectivity index (χ2n) is 6.90. The fraction of sp³-hybridized carbons (Fsp3) is 0.143. The number of pyridine rings is 1. The molecule has 138 valence electrons. The van der Waals surface area contributed by atoms with E-state index in [-0.39, 0.29) is 5.91 Å². The van der Waals surface area contributed by atoms with Gasteiger partial charge in [-0.2, -0.15) is 14.3 Å². The minimum absolute atomic E-state index is 0.310. The third-order valence-corrected chi connectivity index (χ3v) is 4.89. The minimum Gasteiger partial charge on any atom is -0.619 e. The molecule has 0 atom stereocenters. The minimum atomic E-state index is -0.310. The van der Waals surface area contributed by atoms with Gasteiger partial charge in [-0.15, -0.1) is 0 Å². The molecule has 1 aliphatic rings. The number of amides is 1. The van der Waals surface area contributed by atoms with Crippen molar-refractivity contribution in [2.24, 2.45) is 0 Å². The van der Waals surface area contributed by atoms with Crippen LogP contribution in [0.3, 0.4) is 0 Å². The van der Waals surface area contributed by atoms with E-state index in [2.05, 4.69) is 10.4 Å². The number of anilines is 1. The average molecular weight is 371 g/mol. The maximum Gasteiger partial charge on any atom is 0.257 e. The van der Waals surface area contributed by atoms with Crippen molar-refractivity contribution >= 4 is 17.4 Å². The summed E-state index contributed by atoms with van der Waals surface area (Å²) >= 11 is 0. The maximum absolute atomic E-state index is 12.7. The summed E-state index contributed by atoms with van der Waals surface area (Å²) < 4.78 is 2.32. The highest BCUT2D eigenvalue weighted by atomic mass is 16.5. The van der Waals surface area contributed by atoms with E-state index in [1.54, 1.807) is 4.52 Å². The number of nitrogens with one attached hydrogen (secondary N) is 1. The molecule has 7 nitrogen and oxygen atoms in total. The number of hydrogen-bond acceptors (Lipinski definition) is 4. The van der Waals surface area contributed by atoms with Crippen LogP contribution in [0, 0.1) is 5.21 Å². The topological polar surface area (TPSA) is 86.2 Å². The molecule has 3 aromatic heterocycles. The molecule has 1 N–H and O–H groups in total. The van der Waals surface area contributed by atoms with Crippen molar-refractivity contribution in [2.75, 3.05) is 5.32 Å². The lowest BCUT2D eigenvalue weighted by Crippen LogP contribution is -2.25. The molecule has 1 amide bonds. The van der Waals surface area contributed by atoms with E-state index in [1.807, 2.05) is 42.6 Å². The van der Waals surface area contributed by atoms with Crippen molar-refractivity contribution in [1.82, 2.24) is 14.6 Å². The van der Waals surface area contributed by atoms with Crippen molar-refractivity contribution < 1.29 is 9.52 Å². The lowest BCUT2D eigenvalue weighted by atomic mass is 10.1. The Labute approximate surface area is 160 Å². The summed E-state index contributed by atoms with van der Waals surface area (Å²) in [4.78, 5) is 17.5. The zero-order chi connectivity index (χ0) is 19.1. The molecule has 1 fully saturated rings. The van der Waals surface area contributed by atoms with E-state index >= 15 is 0 Å². The molecular formula is C21H17N5O2. The highest BCUT2D eigenvalue weighted by molar-refractivity contribution is 6.04. The second-order valence-corrected chi connectivity index (χ2v) is 6.90. The summed E-state index contributed by atoms with van der Waals surface area (Å²) in [6.07, 6.45) is 6.71. The van der Waals surface area contributed by atoms with Crippen molar-refractivity contribution in [2.45, 2.75) is 18.8 Å². The first kappa shape index (κ1) is 16.4. The molecule has 0 bridgehead atoms. The smallest absolute Gasteiger partial charge is 0.257 e. The highest BCUT2D eigenvalue weighted by Crippen LogP contribution is 2.42. The fourth-order valence-corrected chi connectivity index (χ4v) is 3.26. The van der Waals surface area contributed by atoms with Crippen LogP contribution in [0.25, 0.3) is 16.9 Å². The van der Waals surface area contributed by atoms with Gasteiger partial charge >= 0.3 is 0 Å². The Morgan fingerprint density at radius 2 is 1.89 bits per heavy atom. The van der Waals surface area contributed by atoms with E-state index in [1.165, 1.54) is 24.5 Å². The fourth-order valence-electron chi connectivity index (χ4n) is 3.26. The van der Waals surface area contributed by atoms with Crippen molar-refractivity contribution in [3.63, 3.8) is 0 Å². The van der Waals surface area contributed by atoms with E-state index in [0.29, 0.717) is 22.0 Å². The molecule has 0 radical (unpaired) electrons. The van der Waals surface area contributed by atoms with Crippen LogP contribution in [0.5, 0.6) is 0 Å². The molecule has 28 heavy (non-hydrogen) atoms. The molecule has 1 aromatic carbocycles. The zero-order valence-electron chi connectivity index (χ0n) is 14.9. The van der Waals surface area contributed by atoms with Crippen molar-refractivity contribution in [3.8, 4) is 11.3 Å². The molecule has 0 unspecified atom stereocenters. The maximum atomic E-state index is 12.7. The van der Waals surface area contributed by atoms with Crippen LogP contribution in [0.1, 0.15) is 34.7 Å². The van der Waals surface area contributed by atoms with Crippen molar-refractivity contribution in [1.29, 1.82) is 0 Å². The number of nitrogens with zero attached hydrogens (tertiary/aromatic N) is 4. The van der Waals surface area contributed by atoms with Crippen LogP contribution in [0.2, 0.25) is 0 Å². The standard InChI is InChI=1S/C21H17N5O2/c27-21(16-8-10-25(28)11-9-16)24-19-12-18(15-4-2-1-3-5-15)23-20-17(14-6-7-14)13-22-26(19)20/h1-5,8-14H,6-7H2,(H,24,27). The Kier molecular flexibility index (Phi) is 3.79. The predicted octanol–water partition coefficient (Wildman–Crippen LogP) is 3.16. The Bertz CT molecular complexity index is 1160. The van der Waals surface area contributed by atoms with E-state index < -0.39 is 0 Å². The Hall–Kier alpha value is -3.74. The van der Waals surface area contributed by atoms with Crippen LogP contribution in [0.4, 0.5) is 5.82 Å². The Morgan fingerprint density at radius 3 is 2.61 bits per heavy atom. The van der Waals surface area contributed by atoms with Crippen LogP contribution in [-0.4, -0.2) is 20.5 Å². The Balaban J connectivity index is 1.60. The van der Waals surface area contributed by atoms with Crippen molar-refractivity contribution in [3.05, 3.63) is 83.5 Å². The number of benzene rings is 1. The normalized spacial score (nSPS) is 13.6. The predicted molar refractivity (Wildman–Crippen MR) is 104 cm³/mol. The number of carbonyl (C=O) groups is 1. The van der Waals surface area contributed by atoms with Gasteiger partial charge in [0.25, 0.3) is 5.91 Å². The molecule has 4 aromatic rings. The van der Waals surface area contributed by atoms with Gasteiger partial charge in [-0.25, -0.2) is 4.98 Å². The largest absolute Gasteiger partial charge is 0.619 e. The van der Waals surface area contributed by atoms with Gasteiger partial charge in [0, 0.05) is 29.3 Å². The quantitative estimate of drug-likeness (QED) is 0.441. The van der Waals surface area contributed by atoms with Crippen LogP contribution < -0.4 is 10.0 Å². The van der Waals surface area contributed by atoms with Gasteiger partial charge in [0.15, 0.2) is 18.0 Å². The second kappa shape index (κ2) is 6.45. The van der Waals surface area contributed by atoms with Gasteiger partial charge in [-0.05, 0) is 18.8 Å². The first-order valence-electron chi connectivity index (χ1n) is 9.13. The molecule has 0 spiro atoms. The molecule has 0 aliphatic heterocycles. The number of fused-ring (bicyclic) bond motifs is 1. The van der Waals surface area contributed by atoms with E-state index in [0.717, 1.165) is 35.3 Å². The molecule has 7 heteroatoms. The monoisotopic (exact) mass is 371 g/mol. The third-order valence-electron chi connectivity index (χ3n) is 4.89. The third kappa shape index (κ3) is 2.96. The van der Waals surface area contributed by atoms with Crippen LogP contribution in [-0.2, 0) is 0 Å². The summed E-state index contributed by atoms with van der Waals surface area (Å²) in [5.41, 5.74) is 4.02. The van der Waals surface area contributed by atoms with Gasteiger partial charge in [-0.3, -0.25) is 4.79 Å². The summed E-state index contributed by atoms with van der Waals surface area (Å²) in [6, 6.07) is 14.6. The van der Waals surface area contributed by atoms with Gasteiger partial charge < -0.3 is 10.5 Å². The first-order chi connectivity index (χ1) is 13.7. The van der Waals surface area contributed by atoms with E-state index in [4.69, 9.17) is 4.98 Å². The SMILES string of the molecule is O=C(Nc1cc(-c2ccccc2)nc2c(C3CC3)cnn12)c1cc[n+]([O-])cc1. The first-order valence-corrected chi connectivity index (χ1v) is 9.13. The summed E-state index contributed by atoms with van der Waals surface area (Å²) in [5, 5.41) is 18.6. The molecule has 1 aliphatic carbocycles. The van der Waals surface area contributed by atoms with Crippen LogP contribution in [0.15, 0.2) is 67.1 Å². The van der Waals surface area contributed by atoms with Gasteiger partial charge in [0.1, 0.15) is 5.82 Å². The summed E-state index contributed by atoms with van der Waals surface area (Å²) in [7, 11) is 0. The average Bonchev–Trinajstić information content (AvgIpc) is 3.48. The van der Waals surface area contributed by atoms with E-state index in [9.17, 15) is 10.0 Å². The zero-order valence-corrected chi connectivity index (χ0v) is 14.9.